The third-order valence-electron chi connectivity index (χ3n) is 18.3. The molecule has 3 aromatic carbocycles. The number of piperidine rings is 1. The Kier molecular flexibility index (Phi) is 27.9. The van der Waals surface area contributed by atoms with Crippen LogP contribution in [0.4, 0.5) is 5.69 Å². The normalized spacial score (nSPS) is 16.1. The van der Waals surface area contributed by atoms with E-state index in [0.717, 1.165) is 69.5 Å². The lowest BCUT2D eigenvalue weighted by molar-refractivity contribution is -0.136. The van der Waals surface area contributed by atoms with E-state index in [9.17, 15) is 33.6 Å². The molecule has 1 unspecified atom stereocenters. The Hall–Kier alpha value is -8.57. The molecule has 0 saturated carbocycles. The third kappa shape index (κ3) is 19.8. The van der Waals surface area contributed by atoms with Gasteiger partial charge in [0.05, 0.1) is 134 Å². The molecule has 4 aliphatic heterocycles. The van der Waals surface area contributed by atoms with Crippen molar-refractivity contribution in [2.45, 2.75) is 92.3 Å². The molecule has 11 rings (SSSR count). The Bertz CT molecular complexity index is 4230. The molecule has 4 aromatic heterocycles. The number of aryl methyl sites for hydroxylation is 4. The summed E-state index contributed by atoms with van der Waals surface area (Å²) < 4.78 is 51.1. The van der Waals surface area contributed by atoms with Crippen LogP contribution in [-0.2, 0) is 61.9 Å². The van der Waals surface area contributed by atoms with Crippen molar-refractivity contribution in [1.82, 2.24) is 55.7 Å². The van der Waals surface area contributed by atoms with Gasteiger partial charge in [-0.1, -0.05) is 60.5 Å². The first kappa shape index (κ1) is 79.5. The van der Waals surface area contributed by atoms with Crippen molar-refractivity contribution in [2.24, 2.45) is 15.4 Å². The van der Waals surface area contributed by atoms with Gasteiger partial charge >= 0.3 is 0 Å². The number of hydrogen-bond acceptors (Lipinski definition) is 24. The lowest BCUT2D eigenvalue weighted by atomic mass is 9.94. The van der Waals surface area contributed by atoms with Gasteiger partial charge in [0.1, 0.15) is 46.4 Å². The summed E-state index contributed by atoms with van der Waals surface area (Å²) in [5.74, 6) is -0.627. The summed E-state index contributed by atoms with van der Waals surface area (Å²) >= 11 is 15.9. The van der Waals surface area contributed by atoms with Gasteiger partial charge in [-0.05, 0) is 95.5 Å². The number of hydrogen-bond donors (Lipinski definition) is 5. The highest BCUT2D eigenvalue weighted by Crippen LogP contribution is 2.42. The molecule has 4 aliphatic rings. The minimum atomic E-state index is -1.09. The number of ether oxygens (including phenoxy) is 8. The molecule has 0 spiro atoms. The van der Waals surface area contributed by atoms with Crippen molar-refractivity contribution in [3.8, 4) is 10.0 Å². The number of thiophene rings is 2. The van der Waals surface area contributed by atoms with E-state index in [1.165, 1.54) is 6.07 Å². The summed E-state index contributed by atoms with van der Waals surface area (Å²) in [6.45, 7) is 18.5. The predicted molar refractivity (Wildman–Crippen MR) is 401 cm³/mol. The van der Waals surface area contributed by atoms with Gasteiger partial charge in [0.25, 0.3) is 11.8 Å². The number of benzene rings is 3. The molecule has 0 bridgehead atoms. The molecular formula is C74H88Cl2N14O15S2. The van der Waals surface area contributed by atoms with E-state index in [1.807, 2.05) is 78.4 Å². The van der Waals surface area contributed by atoms with Crippen LogP contribution in [0.5, 0.6) is 0 Å². The van der Waals surface area contributed by atoms with Gasteiger partial charge in [0, 0.05) is 85.8 Å². The number of aromatic nitrogens is 6. The van der Waals surface area contributed by atoms with Crippen molar-refractivity contribution < 1.29 is 71.5 Å². The molecule has 0 radical (unpaired) electrons. The van der Waals surface area contributed by atoms with Crippen molar-refractivity contribution >= 4 is 104 Å². The van der Waals surface area contributed by atoms with Gasteiger partial charge < -0.3 is 59.2 Å². The first-order valence-corrected chi connectivity index (χ1v) is 37.8. The lowest BCUT2D eigenvalue weighted by Gasteiger charge is -2.29. The molecular weight excluding hydrogens is 1460 g/mol. The minimum absolute atomic E-state index is 0.00667. The molecule has 7 amide bonds. The topological polar surface area (TPSA) is 343 Å². The highest BCUT2D eigenvalue weighted by atomic mass is 35.5. The third-order valence-corrected chi connectivity index (χ3v) is 21.2. The average molecular weight is 1550 g/mol. The molecule has 570 valence electrons. The number of carbonyl (C=O) groups is 7. The number of halogens is 2. The molecule has 33 heteroatoms. The second kappa shape index (κ2) is 37.5. The van der Waals surface area contributed by atoms with Gasteiger partial charge in [0.2, 0.25) is 29.5 Å². The summed E-state index contributed by atoms with van der Waals surface area (Å²) in [5.41, 5.74) is 7.48. The SMILES string of the molecule is Cc1sc2c(c1C)C(c1ccc(Cl)cc1)=N[C@@H](CC(=O)NCCOCCOCCOCC(C)(COCCOCCOCCNC(=O)C[C@@H]1N=C(c3ccc(Cl)cc3)c3c(sc(C)c3C)-n3c(C)nnc31)COCCOCC(=O)NCCNc1cccc3c1C(=O)N(C1CCC(=O)NC1=O)C3=O)c1nnc(C)n1-2. The van der Waals surface area contributed by atoms with Crippen LogP contribution in [0.3, 0.4) is 0 Å². The van der Waals surface area contributed by atoms with Crippen LogP contribution in [0.2, 0.25) is 10.0 Å². The van der Waals surface area contributed by atoms with Crippen LogP contribution in [0.25, 0.3) is 10.0 Å². The van der Waals surface area contributed by atoms with Gasteiger partial charge in [-0.3, -0.25) is 62.9 Å². The largest absolute Gasteiger partial charge is 0.383 e. The first-order chi connectivity index (χ1) is 51.7. The maximum atomic E-state index is 13.5. The minimum Gasteiger partial charge on any atom is -0.383 e. The van der Waals surface area contributed by atoms with Crippen LogP contribution >= 0.6 is 45.9 Å². The number of rotatable bonds is 40. The fourth-order valence-electron chi connectivity index (χ4n) is 12.6. The predicted octanol–water partition coefficient (Wildman–Crippen LogP) is 7.39. The van der Waals surface area contributed by atoms with Gasteiger partial charge in [-0.15, -0.1) is 43.1 Å². The van der Waals surface area contributed by atoms with E-state index in [1.54, 1.807) is 34.8 Å². The summed E-state index contributed by atoms with van der Waals surface area (Å²) in [7, 11) is 0. The lowest BCUT2D eigenvalue weighted by Crippen LogP contribution is -2.54. The van der Waals surface area contributed by atoms with Crippen molar-refractivity contribution in [1.29, 1.82) is 0 Å². The Balaban J connectivity index is 0.582. The second-order valence-electron chi connectivity index (χ2n) is 26.3. The van der Waals surface area contributed by atoms with Crippen molar-refractivity contribution in [2.75, 3.05) is 137 Å². The van der Waals surface area contributed by atoms with Crippen molar-refractivity contribution in [3.05, 3.63) is 154 Å². The average Bonchev–Trinajstić information content (AvgIpc) is 1.56. The maximum absolute atomic E-state index is 13.5. The van der Waals surface area contributed by atoms with Crippen LogP contribution in [-0.4, -0.2) is 225 Å². The van der Waals surface area contributed by atoms with Gasteiger partial charge in [0.15, 0.2) is 11.6 Å². The molecule has 3 atom stereocenters. The quantitative estimate of drug-likeness (QED) is 0.0184. The zero-order valence-electron chi connectivity index (χ0n) is 60.8. The summed E-state index contributed by atoms with van der Waals surface area (Å²) in [6, 6.07) is 17.5. The Morgan fingerprint density at radius 3 is 1.46 bits per heavy atom. The number of nitrogens with one attached hydrogen (secondary N) is 5. The molecule has 107 heavy (non-hydrogen) atoms. The molecule has 5 N–H and O–H groups in total. The number of amides is 7. The second-order valence-corrected chi connectivity index (χ2v) is 29.6. The van der Waals surface area contributed by atoms with Gasteiger partial charge in [-0.2, -0.15) is 0 Å². The molecule has 1 fully saturated rings. The summed E-state index contributed by atoms with van der Waals surface area (Å²) in [4.78, 5) is 104. The van der Waals surface area contributed by atoms with Gasteiger partial charge in [-0.25, -0.2) is 0 Å². The van der Waals surface area contributed by atoms with E-state index >= 15 is 0 Å². The standard InChI is InChI=1S/C74H88Cl2N14O15S2/c1-43-45(3)106-72-62(43)65(49-11-15-51(75)16-12-49)81-55(67-86-84-47(5)88(67)72)37-59(92)79-23-25-98-27-29-100-31-34-103-40-74(7,42-105-36-33-102-39-61(94)78-22-21-77-54-10-8-9-53-64(54)71(97)90(70(53)96)57-19-20-58(91)83-69(57)95)41-104-35-32-101-30-28-99-26-24-80-60(93)38-56-68-87-85-48(6)89(68)73-63(44(2)46(4)107-73)66(82-56)50-13-17-52(76)18-14-50/h8-18,55-57,77H,19-42H2,1-7H3,(H,78,94)(H,79,92)(H,80,93)(H,83,91,95)/t55-,56-,57?/m0/s1. The highest BCUT2D eigenvalue weighted by molar-refractivity contribution is 7.15. The summed E-state index contributed by atoms with van der Waals surface area (Å²) in [6.07, 6.45) is 0.140. The van der Waals surface area contributed by atoms with Crippen LogP contribution in [0.1, 0.15) is 132 Å². The molecule has 29 nitrogen and oxygen atoms in total. The van der Waals surface area contributed by atoms with E-state index in [-0.39, 0.29) is 173 Å². The smallest absolute Gasteiger partial charge is 0.264 e. The number of carbonyl (C=O) groups excluding carboxylic acids is 7. The Morgan fingerprint density at radius 2 is 0.981 bits per heavy atom. The molecule has 0 aliphatic carbocycles. The molecule has 8 heterocycles. The number of anilines is 1. The molecule has 7 aromatic rings. The highest BCUT2D eigenvalue weighted by Gasteiger charge is 2.46. The van der Waals surface area contributed by atoms with Crippen molar-refractivity contribution in [3.63, 3.8) is 0 Å². The number of aliphatic imine (C=N–C) groups is 2. The van der Waals surface area contributed by atoms with Crippen LogP contribution < -0.4 is 26.6 Å². The zero-order chi connectivity index (χ0) is 75.7. The van der Waals surface area contributed by atoms with E-state index in [2.05, 4.69) is 74.7 Å². The van der Waals surface area contributed by atoms with E-state index < -0.39 is 47.2 Å². The Morgan fingerprint density at radius 1 is 0.533 bits per heavy atom. The Labute approximate surface area is 637 Å². The summed E-state index contributed by atoms with van der Waals surface area (Å²) in [5, 5.41) is 34.9. The zero-order valence-corrected chi connectivity index (χ0v) is 63.9. The molecule has 1 saturated heterocycles. The monoisotopic (exact) mass is 1550 g/mol. The van der Waals surface area contributed by atoms with Crippen LogP contribution in [0.15, 0.2) is 76.7 Å². The number of fused-ring (bicyclic) bond motifs is 7. The first-order valence-electron chi connectivity index (χ1n) is 35.4. The fraction of sp³-hybridized carbons (Fsp3) is 0.473. The number of imide groups is 2. The maximum Gasteiger partial charge on any atom is 0.264 e. The fourth-order valence-corrected chi connectivity index (χ4v) is 15.3. The van der Waals surface area contributed by atoms with Crippen LogP contribution in [0, 0.1) is 47.0 Å². The van der Waals surface area contributed by atoms with E-state index in [0.29, 0.717) is 52.2 Å². The number of nitrogens with zero attached hydrogens (tertiary/aromatic N) is 9. The van der Waals surface area contributed by atoms with E-state index in [4.69, 9.17) is 71.1 Å².